The molecule has 1 amide bonds. The Labute approximate surface area is 127 Å². The number of rotatable bonds is 3. The van der Waals surface area contributed by atoms with Gasteiger partial charge in [0.15, 0.2) is 0 Å². The van der Waals surface area contributed by atoms with Crippen LogP contribution in [0.3, 0.4) is 0 Å². The fourth-order valence-electron chi connectivity index (χ4n) is 2.37. The van der Waals surface area contributed by atoms with Gasteiger partial charge in [-0.05, 0) is 18.2 Å². The van der Waals surface area contributed by atoms with Gasteiger partial charge in [0.1, 0.15) is 18.5 Å². The average Bonchev–Trinajstić information content (AvgIpc) is 3.08. The Morgan fingerprint density at radius 2 is 2.45 bits per heavy atom. The Bertz CT molecular complexity index is 659. The number of nitrogens with two attached hydrogens (primary N) is 1. The summed E-state index contributed by atoms with van der Waals surface area (Å²) in [4.78, 5) is 20.3. The third-order valence-electron chi connectivity index (χ3n) is 3.46. The third kappa shape index (κ3) is 2.68. The molecule has 22 heavy (non-hydrogen) atoms. The van der Waals surface area contributed by atoms with Crippen LogP contribution in [0.2, 0.25) is 0 Å². The Morgan fingerprint density at radius 3 is 3.18 bits per heavy atom. The number of benzene rings is 1. The molecule has 0 spiro atoms. The molecule has 0 bridgehead atoms. The van der Waals surface area contributed by atoms with E-state index in [0.717, 1.165) is 17.1 Å². The Morgan fingerprint density at radius 1 is 1.59 bits per heavy atom. The van der Waals surface area contributed by atoms with Gasteiger partial charge in [-0.1, -0.05) is 0 Å². The van der Waals surface area contributed by atoms with Gasteiger partial charge in [-0.3, -0.25) is 5.32 Å². The molecule has 8 nitrogen and oxygen atoms in total. The van der Waals surface area contributed by atoms with Crippen LogP contribution in [0.4, 0.5) is 16.2 Å². The average molecular weight is 303 g/mol. The fourth-order valence-corrected chi connectivity index (χ4v) is 2.37. The van der Waals surface area contributed by atoms with Crippen LogP contribution < -0.4 is 20.7 Å². The highest BCUT2D eigenvalue weighted by Crippen LogP contribution is 2.37. The van der Waals surface area contributed by atoms with Crippen molar-refractivity contribution < 1.29 is 14.3 Å². The topological polar surface area (TPSA) is 106 Å². The Hall–Kier alpha value is -2.74. The van der Waals surface area contributed by atoms with E-state index in [0.29, 0.717) is 18.8 Å². The maximum absolute atomic E-state index is 11.3. The van der Waals surface area contributed by atoms with Crippen molar-refractivity contribution in [2.75, 3.05) is 30.5 Å². The number of imidazole rings is 1. The van der Waals surface area contributed by atoms with Crippen molar-refractivity contribution in [2.45, 2.75) is 6.17 Å². The lowest BCUT2D eigenvalue weighted by molar-refractivity contribution is 0.187. The number of nitrogens with one attached hydrogen (secondary N) is 2. The normalized spacial score (nSPS) is 14.7. The van der Waals surface area contributed by atoms with Crippen molar-refractivity contribution in [1.82, 2.24) is 9.97 Å². The number of aromatic nitrogens is 2. The molecular weight excluding hydrogens is 286 g/mol. The summed E-state index contributed by atoms with van der Waals surface area (Å²) in [7, 11) is 1.32. The lowest BCUT2D eigenvalue weighted by Crippen LogP contribution is -2.40. The van der Waals surface area contributed by atoms with E-state index in [1.807, 2.05) is 11.0 Å². The van der Waals surface area contributed by atoms with Crippen LogP contribution in [0.1, 0.15) is 11.9 Å². The Kier molecular flexibility index (Phi) is 3.84. The molecule has 116 valence electrons. The Balaban J connectivity index is 1.90. The molecule has 1 aromatic carbocycles. The number of amides is 1. The minimum atomic E-state index is -0.527. The molecule has 0 saturated carbocycles. The number of methoxy groups -OCH3 is 1. The summed E-state index contributed by atoms with van der Waals surface area (Å²) in [6, 6.07) is 5.36. The zero-order chi connectivity index (χ0) is 15.5. The van der Waals surface area contributed by atoms with Crippen LogP contribution in [-0.4, -0.2) is 36.3 Å². The van der Waals surface area contributed by atoms with Gasteiger partial charge in [0.2, 0.25) is 0 Å². The summed E-state index contributed by atoms with van der Waals surface area (Å²) in [5.41, 5.74) is 8.52. The van der Waals surface area contributed by atoms with Gasteiger partial charge >= 0.3 is 6.09 Å². The van der Waals surface area contributed by atoms with Gasteiger partial charge in [-0.15, -0.1) is 0 Å². The van der Waals surface area contributed by atoms with Crippen molar-refractivity contribution in [3.05, 3.63) is 36.4 Å². The first-order valence-corrected chi connectivity index (χ1v) is 6.81. The van der Waals surface area contributed by atoms with E-state index in [1.165, 1.54) is 7.11 Å². The summed E-state index contributed by atoms with van der Waals surface area (Å²) in [6.07, 6.45) is 2.38. The molecule has 1 unspecified atom stereocenters. The highest BCUT2D eigenvalue weighted by molar-refractivity contribution is 5.86. The summed E-state index contributed by atoms with van der Waals surface area (Å²) < 4.78 is 10.2. The number of nitrogens with zero attached hydrogens (tertiary/aromatic N) is 2. The van der Waals surface area contributed by atoms with Crippen LogP contribution in [0.25, 0.3) is 0 Å². The molecule has 1 atom stereocenters. The number of carbonyl (C=O) groups excluding carboxylic acids is 1. The molecule has 1 aliphatic heterocycles. The molecule has 1 aliphatic rings. The van der Waals surface area contributed by atoms with Crippen LogP contribution in [-0.2, 0) is 4.74 Å². The van der Waals surface area contributed by atoms with Gasteiger partial charge in [-0.25, -0.2) is 9.78 Å². The monoisotopic (exact) mass is 303 g/mol. The number of anilines is 2. The fraction of sp³-hybridized carbons (Fsp3) is 0.286. The zero-order valence-corrected chi connectivity index (χ0v) is 12.1. The predicted molar refractivity (Wildman–Crippen MR) is 80.8 cm³/mol. The molecule has 1 aromatic heterocycles. The molecule has 3 rings (SSSR count). The maximum atomic E-state index is 11.3. The summed E-state index contributed by atoms with van der Waals surface area (Å²) in [5, 5.41) is 2.63. The van der Waals surface area contributed by atoms with Crippen LogP contribution in [0.15, 0.2) is 30.7 Å². The van der Waals surface area contributed by atoms with Crippen LogP contribution >= 0.6 is 0 Å². The first-order valence-electron chi connectivity index (χ1n) is 6.81. The van der Waals surface area contributed by atoms with Crippen molar-refractivity contribution in [1.29, 1.82) is 0 Å². The second-order valence-electron chi connectivity index (χ2n) is 4.79. The van der Waals surface area contributed by atoms with Gasteiger partial charge in [0.05, 0.1) is 37.6 Å². The molecule has 4 N–H and O–H groups in total. The minimum absolute atomic E-state index is 0.376. The first kappa shape index (κ1) is 14.2. The first-order chi connectivity index (χ1) is 10.7. The predicted octanol–water partition coefficient (Wildman–Crippen LogP) is 1.44. The lowest BCUT2D eigenvalue weighted by atomic mass is 10.2. The van der Waals surface area contributed by atoms with Crippen molar-refractivity contribution in [3.8, 4) is 5.75 Å². The van der Waals surface area contributed by atoms with E-state index in [9.17, 15) is 4.79 Å². The number of H-pyrrole nitrogens is 1. The molecule has 2 heterocycles. The highest BCUT2D eigenvalue weighted by atomic mass is 16.5. The summed E-state index contributed by atoms with van der Waals surface area (Å²) >= 11 is 0. The van der Waals surface area contributed by atoms with E-state index < -0.39 is 6.09 Å². The van der Waals surface area contributed by atoms with E-state index in [2.05, 4.69) is 20.0 Å². The largest absolute Gasteiger partial charge is 0.490 e. The number of ether oxygens (including phenoxy) is 2. The quantitative estimate of drug-likeness (QED) is 0.792. The number of carbonyl (C=O) groups is 1. The number of fused-ring (bicyclic) bond motifs is 1. The van der Waals surface area contributed by atoms with Crippen molar-refractivity contribution in [2.24, 2.45) is 5.73 Å². The van der Waals surface area contributed by atoms with E-state index in [4.69, 9.17) is 10.5 Å². The second kappa shape index (κ2) is 5.94. The van der Waals surface area contributed by atoms with Crippen LogP contribution in [0, 0.1) is 0 Å². The zero-order valence-electron chi connectivity index (χ0n) is 12.1. The van der Waals surface area contributed by atoms with Crippen LogP contribution in [0.5, 0.6) is 5.75 Å². The highest BCUT2D eigenvalue weighted by Gasteiger charge is 2.25. The molecular formula is C14H17N5O3. The lowest BCUT2D eigenvalue weighted by Gasteiger charge is -2.35. The van der Waals surface area contributed by atoms with Crippen molar-refractivity contribution >= 4 is 17.5 Å². The second-order valence-corrected chi connectivity index (χ2v) is 4.79. The van der Waals surface area contributed by atoms with Gasteiger partial charge in [-0.2, -0.15) is 0 Å². The molecule has 0 aliphatic carbocycles. The van der Waals surface area contributed by atoms with Gasteiger partial charge < -0.3 is 25.1 Å². The number of hydrogen-bond acceptors (Lipinski definition) is 6. The summed E-state index contributed by atoms with van der Waals surface area (Å²) in [6.45, 7) is 1.17. The van der Waals surface area contributed by atoms with E-state index in [1.54, 1.807) is 24.7 Å². The maximum Gasteiger partial charge on any atom is 0.411 e. The number of hydrogen-bond donors (Lipinski definition) is 3. The number of aromatic amines is 1. The molecule has 8 heteroatoms. The third-order valence-corrected chi connectivity index (χ3v) is 3.46. The SMILES string of the molecule is COC(=O)Nc1ccc2c(c1)N(C(N)c1cnc[nH]1)CCO2. The summed E-state index contributed by atoms with van der Waals surface area (Å²) in [5.74, 6) is 0.719. The molecule has 2 aromatic rings. The van der Waals surface area contributed by atoms with E-state index >= 15 is 0 Å². The van der Waals surface area contributed by atoms with Crippen molar-refractivity contribution in [3.63, 3.8) is 0 Å². The van der Waals surface area contributed by atoms with Gasteiger partial charge in [0.25, 0.3) is 0 Å². The molecule has 0 radical (unpaired) electrons. The smallest absolute Gasteiger partial charge is 0.411 e. The minimum Gasteiger partial charge on any atom is -0.490 e. The van der Waals surface area contributed by atoms with E-state index in [-0.39, 0.29) is 6.17 Å². The molecule has 0 fully saturated rings. The molecule has 0 saturated heterocycles. The standard InChI is InChI=1S/C14H17N5O3/c1-21-14(20)18-9-2-3-12-11(6-9)19(4-5-22-12)13(15)10-7-16-8-17-10/h2-3,6-8,13H,4-5,15H2,1H3,(H,16,17)(H,18,20). The van der Waals surface area contributed by atoms with Gasteiger partial charge in [0, 0.05) is 5.69 Å².